The molecule has 1 amide bonds. The highest BCUT2D eigenvalue weighted by Crippen LogP contribution is 2.29. The molecule has 0 bridgehead atoms. The molecular weight excluding hydrogens is 431 g/mol. The number of halogens is 2. The van der Waals surface area contributed by atoms with Gasteiger partial charge in [-0.15, -0.1) is 0 Å². The van der Waals surface area contributed by atoms with Crippen molar-refractivity contribution in [3.63, 3.8) is 0 Å². The fourth-order valence-electron chi connectivity index (χ4n) is 2.25. The van der Waals surface area contributed by atoms with Gasteiger partial charge in [0.05, 0.1) is 35.0 Å². The van der Waals surface area contributed by atoms with Crippen molar-refractivity contribution in [3.8, 4) is 0 Å². The molecule has 0 radical (unpaired) electrons. The molecule has 2 aromatic rings. The van der Waals surface area contributed by atoms with Crippen LogP contribution in [0, 0.1) is 0 Å². The van der Waals surface area contributed by atoms with Crippen LogP contribution >= 0.6 is 23.2 Å². The normalized spacial score (nSPS) is 11.0. The van der Waals surface area contributed by atoms with Crippen molar-refractivity contribution in [2.24, 2.45) is 0 Å². The lowest BCUT2D eigenvalue weighted by atomic mass is 10.2. The second-order valence-electron chi connectivity index (χ2n) is 5.45. The molecule has 11 heteroatoms. The Morgan fingerprint density at radius 3 is 2.36 bits per heavy atom. The number of rotatable bonds is 7. The summed E-state index contributed by atoms with van der Waals surface area (Å²) in [6, 6.07) is 10.2. The molecule has 0 aliphatic carbocycles. The van der Waals surface area contributed by atoms with Gasteiger partial charge in [0.1, 0.15) is 6.61 Å². The number of aliphatic hydroxyl groups is 1. The maximum atomic E-state index is 12.7. The molecule has 2 rings (SSSR count). The van der Waals surface area contributed by atoms with Gasteiger partial charge in [0.2, 0.25) is 0 Å². The number of anilines is 1. The maximum absolute atomic E-state index is 12.7. The first-order chi connectivity index (χ1) is 13.2. The number of ether oxygens (including phenoxy) is 1. The van der Waals surface area contributed by atoms with E-state index in [1.54, 1.807) is 22.9 Å². The third-order valence-corrected chi connectivity index (χ3v) is 5.86. The highest BCUT2D eigenvalue weighted by molar-refractivity contribution is 7.91. The summed E-state index contributed by atoms with van der Waals surface area (Å²) in [5, 5.41) is 9.25. The zero-order chi connectivity index (χ0) is 20.9. The van der Waals surface area contributed by atoms with Gasteiger partial charge in [0.15, 0.2) is 0 Å². The molecule has 0 saturated carbocycles. The lowest BCUT2D eigenvalue weighted by molar-refractivity contribution is -0.122. The standard InChI is InChI=1S/C17H16Cl2N2O6S/c1-27-17(24)11-5-7-13(8-6-11)21(28(25,26)20-15(23)10-22)9-12-3-2-4-14(18)16(12)19/h2-8,22H,9-10H2,1H3,(H,20,23). The van der Waals surface area contributed by atoms with E-state index in [2.05, 4.69) is 4.74 Å². The Morgan fingerprint density at radius 2 is 1.79 bits per heavy atom. The van der Waals surface area contributed by atoms with Gasteiger partial charge in [-0.25, -0.2) is 13.8 Å². The number of carbonyl (C=O) groups excluding carboxylic acids is 2. The first-order valence-electron chi connectivity index (χ1n) is 7.75. The van der Waals surface area contributed by atoms with Crippen LogP contribution in [0.4, 0.5) is 5.69 Å². The Kier molecular flexibility index (Phi) is 7.25. The summed E-state index contributed by atoms with van der Waals surface area (Å²) in [4.78, 5) is 23.0. The number of hydrogen-bond acceptors (Lipinski definition) is 6. The van der Waals surface area contributed by atoms with Crippen molar-refractivity contribution in [1.29, 1.82) is 0 Å². The molecule has 0 aliphatic heterocycles. The molecule has 2 aromatic carbocycles. The van der Waals surface area contributed by atoms with Gasteiger partial charge < -0.3 is 9.84 Å². The number of aliphatic hydroxyl groups excluding tert-OH is 1. The number of benzene rings is 2. The van der Waals surface area contributed by atoms with Crippen LogP contribution in [0.3, 0.4) is 0 Å². The molecule has 0 unspecified atom stereocenters. The van der Waals surface area contributed by atoms with E-state index in [9.17, 15) is 18.0 Å². The van der Waals surface area contributed by atoms with E-state index in [1.165, 1.54) is 31.4 Å². The van der Waals surface area contributed by atoms with Crippen LogP contribution in [-0.2, 0) is 26.3 Å². The molecule has 0 heterocycles. The third kappa shape index (κ3) is 5.14. The van der Waals surface area contributed by atoms with Crippen molar-refractivity contribution in [2.45, 2.75) is 6.54 Å². The molecule has 0 aromatic heterocycles. The zero-order valence-corrected chi connectivity index (χ0v) is 16.9. The van der Waals surface area contributed by atoms with E-state index >= 15 is 0 Å². The van der Waals surface area contributed by atoms with Crippen LogP contribution < -0.4 is 9.03 Å². The van der Waals surface area contributed by atoms with Crippen molar-refractivity contribution in [3.05, 3.63) is 63.6 Å². The second-order valence-corrected chi connectivity index (χ2v) is 7.83. The average Bonchev–Trinajstić information content (AvgIpc) is 2.68. The summed E-state index contributed by atoms with van der Waals surface area (Å²) in [6.45, 7) is -1.27. The maximum Gasteiger partial charge on any atom is 0.337 e. The highest BCUT2D eigenvalue weighted by Gasteiger charge is 2.26. The first-order valence-corrected chi connectivity index (χ1v) is 9.94. The van der Waals surface area contributed by atoms with Gasteiger partial charge in [0.25, 0.3) is 5.91 Å². The Labute approximate surface area is 171 Å². The average molecular weight is 447 g/mol. The molecule has 0 atom stereocenters. The van der Waals surface area contributed by atoms with Crippen LogP contribution in [0.2, 0.25) is 10.0 Å². The second kappa shape index (κ2) is 9.24. The quantitative estimate of drug-likeness (QED) is 0.629. The van der Waals surface area contributed by atoms with Crippen molar-refractivity contribution in [2.75, 3.05) is 18.0 Å². The molecule has 2 N–H and O–H groups in total. The highest BCUT2D eigenvalue weighted by atomic mass is 35.5. The summed E-state index contributed by atoms with van der Waals surface area (Å²) in [5.41, 5.74) is 0.735. The fraction of sp³-hybridized carbons (Fsp3) is 0.176. The van der Waals surface area contributed by atoms with E-state index in [0.717, 1.165) is 4.31 Å². The third-order valence-electron chi connectivity index (χ3n) is 3.60. The largest absolute Gasteiger partial charge is 0.465 e. The summed E-state index contributed by atoms with van der Waals surface area (Å²) in [5.74, 6) is -1.69. The minimum atomic E-state index is -4.40. The van der Waals surface area contributed by atoms with Crippen LogP contribution in [-0.4, -0.2) is 39.1 Å². The van der Waals surface area contributed by atoms with Gasteiger partial charge in [-0.2, -0.15) is 8.42 Å². The van der Waals surface area contributed by atoms with E-state index < -0.39 is 28.7 Å². The van der Waals surface area contributed by atoms with E-state index in [1.807, 2.05) is 0 Å². The van der Waals surface area contributed by atoms with E-state index in [4.69, 9.17) is 28.3 Å². The number of nitrogens with one attached hydrogen (secondary N) is 1. The Balaban J connectivity index is 2.48. The Morgan fingerprint density at radius 1 is 1.14 bits per heavy atom. The molecule has 8 nitrogen and oxygen atoms in total. The SMILES string of the molecule is COC(=O)c1ccc(N(Cc2cccc(Cl)c2Cl)S(=O)(=O)NC(=O)CO)cc1. The predicted molar refractivity (Wildman–Crippen MR) is 105 cm³/mol. The number of carbonyl (C=O) groups is 2. The van der Waals surface area contributed by atoms with Gasteiger partial charge >= 0.3 is 16.2 Å². The monoisotopic (exact) mass is 446 g/mol. The van der Waals surface area contributed by atoms with Gasteiger partial charge in [0, 0.05) is 0 Å². The summed E-state index contributed by atoms with van der Waals surface area (Å²) in [7, 11) is -3.18. The molecule has 0 aliphatic rings. The first kappa shape index (κ1) is 22.0. The topological polar surface area (TPSA) is 113 Å². The van der Waals surface area contributed by atoms with E-state index in [0.29, 0.717) is 5.56 Å². The summed E-state index contributed by atoms with van der Waals surface area (Å²) in [6.07, 6.45) is 0. The Hall–Kier alpha value is -2.33. The fourth-order valence-corrected chi connectivity index (χ4v) is 3.80. The number of hydrogen-bond donors (Lipinski definition) is 2. The van der Waals surface area contributed by atoms with Gasteiger partial charge in [-0.3, -0.25) is 4.79 Å². The lowest BCUT2D eigenvalue weighted by Crippen LogP contribution is -2.44. The van der Waals surface area contributed by atoms with Crippen LogP contribution in [0.1, 0.15) is 15.9 Å². The van der Waals surface area contributed by atoms with Gasteiger partial charge in [-0.05, 0) is 35.9 Å². The van der Waals surface area contributed by atoms with Crippen LogP contribution in [0.15, 0.2) is 42.5 Å². The number of amides is 1. The van der Waals surface area contributed by atoms with Crippen molar-refractivity contribution >= 4 is 51.0 Å². The number of methoxy groups -OCH3 is 1. The molecule has 0 fully saturated rings. The van der Waals surface area contributed by atoms with Crippen molar-refractivity contribution in [1.82, 2.24) is 4.72 Å². The summed E-state index contributed by atoms with van der Waals surface area (Å²) < 4.78 is 32.6. The lowest BCUT2D eigenvalue weighted by Gasteiger charge is -2.25. The summed E-state index contributed by atoms with van der Waals surface area (Å²) >= 11 is 12.1. The number of nitrogens with zero attached hydrogens (tertiary/aromatic N) is 1. The zero-order valence-electron chi connectivity index (χ0n) is 14.6. The van der Waals surface area contributed by atoms with Crippen molar-refractivity contribution < 1.29 is 27.9 Å². The predicted octanol–water partition coefficient (Wildman–Crippen LogP) is 2.14. The smallest absolute Gasteiger partial charge is 0.337 e. The van der Waals surface area contributed by atoms with E-state index in [-0.39, 0.29) is 27.8 Å². The van der Waals surface area contributed by atoms with Gasteiger partial charge in [-0.1, -0.05) is 35.3 Å². The number of esters is 1. The molecule has 28 heavy (non-hydrogen) atoms. The minimum absolute atomic E-state index is 0.141. The van der Waals surface area contributed by atoms with Crippen LogP contribution in [0.5, 0.6) is 0 Å². The Bertz CT molecular complexity index is 980. The molecule has 0 saturated heterocycles. The molecule has 150 valence electrons. The molecular formula is C17H16Cl2N2O6S. The minimum Gasteiger partial charge on any atom is -0.465 e. The molecule has 0 spiro atoms. The van der Waals surface area contributed by atoms with Crippen LogP contribution in [0.25, 0.3) is 0 Å².